The number of nitrogens with zero attached hydrogens (tertiary/aromatic N) is 2. The van der Waals surface area contributed by atoms with Gasteiger partial charge >= 0.3 is 11.8 Å². The fraction of sp³-hybridized carbons (Fsp3) is 0.316. The molecule has 1 aromatic carbocycles. The van der Waals surface area contributed by atoms with Gasteiger partial charge in [-0.25, -0.2) is 4.39 Å². The molecule has 1 aromatic heterocycles. The maximum atomic E-state index is 13.2. The molecule has 27 heavy (non-hydrogen) atoms. The number of hydrogen-bond donors (Lipinski definition) is 2. The molecular formula is C19H21FN4O3. The first-order valence-corrected chi connectivity index (χ1v) is 8.70. The van der Waals surface area contributed by atoms with E-state index in [0.717, 1.165) is 24.7 Å². The Kier molecular flexibility index (Phi) is 6.45. The number of aromatic nitrogens is 1. The van der Waals surface area contributed by atoms with Crippen molar-refractivity contribution in [3.8, 4) is 0 Å². The zero-order valence-corrected chi connectivity index (χ0v) is 14.7. The summed E-state index contributed by atoms with van der Waals surface area (Å²) in [5, 5.41) is 5.05. The Labute approximate surface area is 156 Å². The molecule has 2 amide bonds. The van der Waals surface area contributed by atoms with Gasteiger partial charge in [-0.15, -0.1) is 0 Å². The van der Waals surface area contributed by atoms with Gasteiger partial charge in [-0.1, -0.05) is 12.1 Å². The van der Waals surface area contributed by atoms with Crippen molar-refractivity contribution in [1.29, 1.82) is 0 Å². The number of halogens is 1. The van der Waals surface area contributed by atoms with Crippen LogP contribution in [0.5, 0.6) is 0 Å². The second-order valence-electron chi connectivity index (χ2n) is 6.12. The Bertz CT molecular complexity index is 782. The van der Waals surface area contributed by atoms with E-state index < -0.39 is 17.6 Å². The minimum atomic E-state index is -0.840. The molecule has 0 bridgehead atoms. The molecule has 1 aliphatic rings. The van der Waals surface area contributed by atoms with Crippen LogP contribution < -0.4 is 10.6 Å². The van der Waals surface area contributed by atoms with Crippen LogP contribution in [0.25, 0.3) is 0 Å². The van der Waals surface area contributed by atoms with Gasteiger partial charge in [0.15, 0.2) is 0 Å². The molecule has 1 fully saturated rings. The predicted octanol–water partition coefficient (Wildman–Crippen LogP) is 1.35. The maximum Gasteiger partial charge on any atom is 0.313 e. The van der Waals surface area contributed by atoms with Gasteiger partial charge in [-0.3, -0.25) is 19.5 Å². The second kappa shape index (κ2) is 9.20. The standard InChI is InChI=1S/C19H21FN4O3/c20-15-4-1-5-16(11-15)23-19(26)18(25)22-13-17(14-3-2-6-21-12-14)24-7-9-27-10-8-24/h1-6,11-12,17H,7-10,13H2,(H,22,25)(H,23,26)/t17-/m1/s1. The van der Waals surface area contributed by atoms with Gasteiger partial charge in [0, 0.05) is 37.7 Å². The lowest BCUT2D eigenvalue weighted by molar-refractivity contribution is -0.136. The predicted molar refractivity (Wildman–Crippen MR) is 97.4 cm³/mol. The van der Waals surface area contributed by atoms with E-state index in [1.165, 1.54) is 18.2 Å². The topological polar surface area (TPSA) is 83.6 Å². The smallest absolute Gasteiger partial charge is 0.313 e. The highest BCUT2D eigenvalue weighted by molar-refractivity contribution is 6.39. The first-order valence-electron chi connectivity index (χ1n) is 8.70. The maximum absolute atomic E-state index is 13.2. The lowest BCUT2D eigenvalue weighted by Gasteiger charge is -2.34. The van der Waals surface area contributed by atoms with Crippen LogP contribution in [-0.2, 0) is 14.3 Å². The molecule has 142 valence electrons. The van der Waals surface area contributed by atoms with Gasteiger partial charge in [0.05, 0.1) is 19.3 Å². The van der Waals surface area contributed by atoms with Crippen LogP contribution in [-0.4, -0.2) is 54.5 Å². The van der Waals surface area contributed by atoms with Crippen molar-refractivity contribution in [2.75, 3.05) is 38.2 Å². The van der Waals surface area contributed by atoms with Crippen molar-refractivity contribution < 1.29 is 18.7 Å². The number of nitrogens with one attached hydrogen (secondary N) is 2. The van der Waals surface area contributed by atoms with E-state index in [1.807, 2.05) is 12.1 Å². The van der Waals surface area contributed by atoms with Crippen LogP contribution in [0.15, 0.2) is 48.8 Å². The molecule has 2 N–H and O–H groups in total. The highest BCUT2D eigenvalue weighted by Crippen LogP contribution is 2.20. The molecular weight excluding hydrogens is 351 g/mol. The van der Waals surface area contributed by atoms with Crippen LogP contribution >= 0.6 is 0 Å². The van der Waals surface area contributed by atoms with Crippen molar-refractivity contribution in [3.05, 3.63) is 60.2 Å². The summed E-state index contributed by atoms with van der Waals surface area (Å²) >= 11 is 0. The minimum Gasteiger partial charge on any atom is -0.379 e. The molecule has 2 heterocycles. The number of anilines is 1. The van der Waals surface area contributed by atoms with Crippen LogP contribution in [0.2, 0.25) is 0 Å². The number of carbonyl (C=O) groups excluding carboxylic acids is 2. The van der Waals surface area contributed by atoms with Gasteiger partial charge in [-0.2, -0.15) is 0 Å². The number of morpholine rings is 1. The normalized spacial score (nSPS) is 15.7. The summed E-state index contributed by atoms with van der Waals surface area (Å²) in [7, 11) is 0. The lowest BCUT2D eigenvalue weighted by atomic mass is 10.1. The van der Waals surface area contributed by atoms with Crippen LogP contribution in [0.4, 0.5) is 10.1 Å². The highest BCUT2D eigenvalue weighted by atomic mass is 19.1. The molecule has 0 unspecified atom stereocenters. The minimum absolute atomic E-state index is 0.117. The molecule has 1 atom stereocenters. The lowest BCUT2D eigenvalue weighted by Crippen LogP contribution is -2.45. The summed E-state index contributed by atoms with van der Waals surface area (Å²) in [5.74, 6) is -2.11. The summed E-state index contributed by atoms with van der Waals surface area (Å²) < 4.78 is 18.6. The first kappa shape index (κ1) is 18.9. The van der Waals surface area contributed by atoms with E-state index >= 15 is 0 Å². The molecule has 0 radical (unpaired) electrons. The number of ether oxygens (including phenoxy) is 1. The average Bonchev–Trinajstić information content (AvgIpc) is 2.69. The fourth-order valence-electron chi connectivity index (χ4n) is 2.94. The molecule has 1 aliphatic heterocycles. The van der Waals surface area contributed by atoms with E-state index in [-0.39, 0.29) is 18.3 Å². The molecule has 0 aliphatic carbocycles. The number of amides is 2. The van der Waals surface area contributed by atoms with E-state index in [0.29, 0.717) is 13.2 Å². The first-order chi connectivity index (χ1) is 13.1. The Morgan fingerprint density at radius 1 is 1.19 bits per heavy atom. The summed E-state index contributed by atoms with van der Waals surface area (Å²) in [6.07, 6.45) is 3.43. The molecule has 1 saturated heterocycles. The van der Waals surface area contributed by atoms with E-state index in [2.05, 4.69) is 20.5 Å². The number of rotatable bonds is 5. The van der Waals surface area contributed by atoms with Gasteiger partial charge in [0.1, 0.15) is 5.82 Å². The van der Waals surface area contributed by atoms with Crippen LogP contribution in [0.1, 0.15) is 11.6 Å². The van der Waals surface area contributed by atoms with E-state index in [1.54, 1.807) is 12.4 Å². The SMILES string of the molecule is O=C(NC[C@H](c1cccnc1)N1CCOCC1)C(=O)Nc1cccc(F)c1. The molecule has 0 saturated carbocycles. The Balaban J connectivity index is 1.62. The Morgan fingerprint density at radius 3 is 2.70 bits per heavy atom. The highest BCUT2D eigenvalue weighted by Gasteiger charge is 2.24. The summed E-state index contributed by atoms with van der Waals surface area (Å²) in [5.41, 5.74) is 1.18. The van der Waals surface area contributed by atoms with E-state index in [9.17, 15) is 14.0 Å². The van der Waals surface area contributed by atoms with Crippen molar-refractivity contribution in [2.45, 2.75) is 6.04 Å². The van der Waals surface area contributed by atoms with Gasteiger partial charge in [0.25, 0.3) is 0 Å². The number of benzene rings is 1. The third kappa shape index (κ3) is 5.32. The fourth-order valence-corrected chi connectivity index (χ4v) is 2.94. The summed E-state index contributed by atoms with van der Waals surface area (Å²) in [4.78, 5) is 30.6. The molecule has 0 spiro atoms. The van der Waals surface area contributed by atoms with Crippen molar-refractivity contribution in [1.82, 2.24) is 15.2 Å². The third-order valence-electron chi connectivity index (χ3n) is 4.30. The van der Waals surface area contributed by atoms with Crippen molar-refractivity contribution in [3.63, 3.8) is 0 Å². The number of hydrogen-bond acceptors (Lipinski definition) is 5. The van der Waals surface area contributed by atoms with Crippen LogP contribution in [0, 0.1) is 5.82 Å². The van der Waals surface area contributed by atoms with Gasteiger partial charge in [0.2, 0.25) is 0 Å². The second-order valence-corrected chi connectivity index (χ2v) is 6.12. The molecule has 7 nitrogen and oxygen atoms in total. The summed E-state index contributed by atoms with van der Waals surface area (Å²) in [6, 6.07) is 9.04. The monoisotopic (exact) mass is 372 g/mol. The Hall–Kier alpha value is -2.84. The van der Waals surface area contributed by atoms with Gasteiger partial charge < -0.3 is 15.4 Å². The zero-order chi connectivity index (χ0) is 19.1. The zero-order valence-electron chi connectivity index (χ0n) is 14.7. The third-order valence-corrected chi connectivity index (χ3v) is 4.30. The molecule has 3 rings (SSSR count). The largest absolute Gasteiger partial charge is 0.379 e. The van der Waals surface area contributed by atoms with Gasteiger partial charge in [-0.05, 0) is 29.8 Å². The summed E-state index contributed by atoms with van der Waals surface area (Å²) in [6.45, 7) is 2.94. The number of carbonyl (C=O) groups is 2. The molecule has 8 heteroatoms. The average molecular weight is 372 g/mol. The molecule has 2 aromatic rings. The van der Waals surface area contributed by atoms with Crippen molar-refractivity contribution >= 4 is 17.5 Å². The van der Waals surface area contributed by atoms with Crippen LogP contribution in [0.3, 0.4) is 0 Å². The quantitative estimate of drug-likeness (QED) is 0.774. The Morgan fingerprint density at radius 2 is 2.00 bits per heavy atom. The number of pyridine rings is 1. The van der Waals surface area contributed by atoms with E-state index in [4.69, 9.17) is 4.74 Å². The van der Waals surface area contributed by atoms with Crippen molar-refractivity contribution in [2.24, 2.45) is 0 Å².